The van der Waals surface area contributed by atoms with Crippen molar-refractivity contribution in [2.24, 2.45) is 0 Å². The predicted octanol–water partition coefficient (Wildman–Crippen LogP) is 1.70. The Morgan fingerprint density at radius 1 is 1.53 bits per heavy atom. The summed E-state index contributed by atoms with van der Waals surface area (Å²) in [7, 11) is 1.73. The molecule has 1 heterocycles. The highest BCUT2D eigenvalue weighted by Crippen LogP contribution is 2.22. The van der Waals surface area contributed by atoms with Crippen LogP contribution in [0.1, 0.15) is 46.0 Å². The van der Waals surface area contributed by atoms with Crippen LogP contribution in [-0.2, 0) is 4.79 Å². The molecule has 1 saturated heterocycles. The van der Waals surface area contributed by atoms with Gasteiger partial charge < -0.3 is 10.4 Å². The minimum Gasteiger partial charge on any atom is -0.480 e. The van der Waals surface area contributed by atoms with Gasteiger partial charge in [0.25, 0.3) is 0 Å². The van der Waals surface area contributed by atoms with Crippen LogP contribution in [0.4, 0.5) is 0 Å². The van der Waals surface area contributed by atoms with E-state index in [2.05, 4.69) is 17.1 Å². The molecular weight excluding hydrogens is 216 g/mol. The molecule has 1 fully saturated rings. The molecule has 0 bridgehead atoms. The van der Waals surface area contributed by atoms with Crippen molar-refractivity contribution in [2.75, 3.05) is 20.1 Å². The highest BCUT2D eigenvalue weighted by molar-refractivity contribution is 5.78. The van der Waals surface area contributed by atoms with Crippen molar-refractivity contribution < 1.29 is 9.90 Å². The average molecular weight is 242 g/mol. The van der Waals surface area contributed by atoms with Gasteiger partial charge in [0, 0.05) is 12.6 Å². The number of hydrogen-bond donors (Lipinski definition) is 2. The second-order valence-electron chi connectivity index (χ2n) is 5.30. The van der Waals surface area contributed by atoms with E-state index in [1.807, 2.05) is 0 Å². The Kier molecular flexibility index (Phi) is 5.40. The van der Waals surface area contributed by atoms with Crippen LogP contribution < -0.4 is 5.32 Å². The van der Waals surface area contributed by atoms with Gasteiger partial charge in [-0.05, 0) is 39.8 Å². The van der Waals surface area contributed by atoms with Gasteiger partial charge in [-0.15, -0.1) is 0 Å². The summed E-state index contributed by atoms with van der Waals surface area (Å²) < 4.78 is 0. The molecule has 0 aliphatic carbocycles. The fourth-order valence-electron chi connectivity index (χ4n) is 2.59. The fourth-order valence-corrected chi connectivity index (χ4v) is 2.59. The fraction of sp³-hybridized carbons (Fsp3) is 0.923. The van der Waals surface area contributed by atoms with Crippen LogP contribution in [0.5, 0.6) is 0 Å². The highest BCUT2D eigenvalue weighted by atomic mass is 16.4. The van der Waals surface area contributed by atoms with Crippen LogP contribution >= 0.6 is 0 Å². The zero-order valence-corrected chi connectivity index (χ0v) is 11.3. The number of likely N-dealkylation sites (tertiary alicyclic amines) is 1. The van der Waals surface area contributed by atoms with Gasteiger partial charge in [0.05, 0.1) is 0 Å². The zero-order valence-electron chi connectivity index (χ0n) is 11.3. The molecule has 2 atom stereocenters. The number of rotatable bonds is 6. The maximum atomic E-state index is 11.3. The lowest BCUT2D eigenvalue weighted by Gasteiger charge is -2.40. The Bertz CT molecular complexity index is 256. The lowest BCUT2D eigenvalue weighted by molar-refractivity contribution is -0.145. The first kappa shape index (κ1) is 14.5. The second kappa shape index (κ2) is 6.36. The summed E-state index contributed by atoms with van der Waals surface area (Å²) in [6.45, 7) is 5.60. The van der Waals surface area contributed by atoms with E-state index < -0.39 is 11.5 Å². The van der Waals surface area contributed by atoms with Gasteiger partial charge in [-0.1, -0.05) is 19.8 Å². The molecule has 2 N–H and O–H groups in total. The molecule has 0 aromatic rings. The monoisotopic (exact) mass is 242 g/mol. The normalized spacial score (nSPS) is 25.5. The first-order valence-corrected chi connectivity index (χ1v) is 6.70. The summed E-state index contributed by atoms with van der Waals surface area (Å²) >= 11 is 0. The summed E-state index contributed by atoms with van der Waals surface area (Å²) in [5.74, 6) is -0.763. The number of nitrogens with zero attached hydrogens (tertiary/aromatic N) is 1. The minimum absolute atomic E-state index is 0.570. The molecule has 4 nitrogen and oxygen atoms in total. The number of likely N-dealkylation sites (N-methyl/N-ethyl adjacent to an activating group) is 1. The first-order valence-electron chi connectivity index (χ1n) is 6.70. The van der Waals surface area contributed by atoms with Crippen molar-refractivity contribution in [1.82, 2.24) is 10.2 Å². The van der Waals surface area contributed by atoms with Crippen LogP contribution in [0.25, 0.3) is 0 Å². The molecule has 1 rings (SSSR count). The topological polar surface area (TPSA) is 52.6 Å². The smallest absolute Gasteiger partial charge is 0.324 e. The molecule has 4 heteroatoms. The van der Waals surface area contributed by atoms with E-state index in [0.717, 1.165) is 6.54 Å². The largest absolute Gasteiger partial charge is 0.480 e. The van der Waals surface area contributed by atoms with Crippen molar-refractivity contribution >= 4 is 5.97 Å². The Balaban J connectivity index is 2.65. The van der Waals surface area contributed by atoms with Gasteiger partial charge in [-0.3, -0.25) is 9.69 Å². The molecule has 0 aromatic carbocycles. The maximum absolute atomic E-state index is 11.3. The number of hydrogen-bond acceptors (Lipinski definition) is 3. The minimum atomic E-state index is -0.830. The van der Waals surface area contributed by atoms with Crippen LogP contribution in [0, 0.1) is 0 Å². The molecule has 0 amide bonds. The van der Waals surface area contributed by atoms with E-state index in [1.54, 1.807) is 14.0 Å². The standard InChI is InChI=1S/C13H26N2O2/c1-4-7-11-8-5-6-9-15(11)10-13(2,14-3)12(16)17/h11,14H,4-10H2,1-3H3,(H,16,17). The van der Waals surface area contributed by atoms with Gasteiger partial charge >= 0.3 is 5.97 Å². The number of carboxylic acids is 1. The zero-order chi connectivity index (χ0) is 12.9. The Hall–Kier alpha value is -0.610. The van der Waals surface area contributed by atoms with Gasteiger partial charge in [-0.25, -0.2) is 0 Å². The quantitative estimate of drug-likeness (QED) is 0.744. The van der Waals surface area contributed by atoms with Crippen LogP contribution in [0.15, 0.2) is 0 Å². The van der Waals surface area contributed by atoms with Crippen molar-refractivity contribution in [3.63, 3.8) is 0 Å². The van der Waals surface area contributed by atoms with Gasteiger partial charge in [0.15, 0.2) is 0 Å². The second-order valence-corrected chi connectivity index (χ2v) is 5.30. The number of aliphatic carboxylic acids is 1. The molecule has 0 saturated carbocycles. The van der Waals surface area contributed by atoms with Gasteiger partial charge in [-0.2, -0.15) is 0 Å². The van der Waals surface area contributed by atoms with E-state index in [-0.39, 0.29) is 0 Å². The SMILES string of the molecule is CCCC1CCCCN1CC(C)(NC)C(=O)O. The lowest BCUT2D eigenvalue weighted by Crippen LogP contribution is -2.58. The molecule has 17 heavy (non-hydrogen) atoms. The van der Waals surface area contributed by atoms with Crippen LogP contribution in [-0.4, -0.2) is 47.7 Å². The van der Waals surface area contributed by atoms with E-state index in [9.17, 15) is 9.90 Å². The van der Waals surface area contributed by atoms with E-state index in [4.69, 9.17) is 0 Å². The third kappa shape index (κ3) is 3.68. The Labute approximate surface area is 104 Å². The van der Waals surface area contributed by atoms with Crippen molar-refractivity contribution in [1.29, 1.82) is 0 Å². The van der Waals surface area contributed by atoms with E-state index in [0.29, 0.717) is 12.6 Å². The number of nitrogens with one attached hydrogen (secondary N) is 1. The van der Waals surface area contributed by atoms with Crippen molar-refractivity contribution in [3.8, 4) is 0 Å². The number of piperidine rings is 1. The van der Waals surface area contributed by atoms with Crippen LogP contribution in [0.2, 0.25) is 0 Å². The molecular formula is C13H26N2O2. The van der Waals surface area contributed by atoms with Gasteiger partial charge in [0.1, 0.15) is 5.54 Å². The maximum Gasteiger partial charge on any atom is 0.324 e. The lowest BCUT2D eigenvalue weighted by atomic mass is 9.94. The van der Waals surface area contributed by atoms with Gasteiger partial charge in [0.2, 0.25) is 0 Å². The molecule has 0 aromatic heterocycles. The molecule has 2 unspecified atom stereocenters. The van der Waals surface area contributed by atoms with Crippen LogP contribution in [0.3, 0.4) is 0 Å². The van der Waals surface area contributed by atoms with Crippen molar-refractivity contribution in [3.05, 3.63) is 0 Å². The molecule has 1 aliphatic heterocycles. The Morgan fingerprint density at radius 2 is 2.24 bits per heavy atom. The molecule has 100 valence electrons. The molecule has 0 radical (unpaired) electrons. The first-order chi connectivity index (χ1) is 8.03. The highest BCUT2D eigenvalue weighted by Gasteiger charge is 2.35. The Morgan fingerprint density at radius 3 is 2.76 bits per heavy atom. The number of carboxylic acid groups (broad SMARTS) is 1. The molecule has 1 aliphatic rings. The molecule has 0 spiro atoms. The summed E-state index contributed by atoms with van der Waals surface area (Å²) in [5.41, 5.74) is -0.830. The van der Waals surface area contributed by atoms with E-state index >= 15 is 0 Å². The number of carbonyl (C=O) groups is 1. The summed E-state index contributed by atoms with van der Waals surface area (Å²) in [6.07, 6.45) is 6.04. The average Bonchev–Trinajstić information content (AvgIpc) is 2.31. The summed E-state index contributed by atoms with van der Waals surface area (Å²) in [5, 5.41) is 12.2. The van der Waals surface area contributed by atoms with Crippen molar-refractivity contribution in [2.45, 2.75) is 57.5 Å². The summed E-state index contributed by atoms with van der Waals surface area (Å²) in [4.78, 5) is 13.7. The van der Waals surface area contributed by atoms with E-state index in [1.165, 1.54) is 32.1 Å². The predicted molar refractivity (Wildman–Crippen MR) is 69.2 cm³/mol. The summed E-state index contributed by atoms with van der Waals surface area (Å²) in [6, 6.07) is 0.570. The third-order valence-corrected chi connectivity index (χ3v) is 3.91. The third-order valence-electron chi connectivity index (χ3n) is 3.91.